The molecular weight excluding hydrogens is 212 g/mol. The quantitative estimate of drug-likeness (QED) is 0.810. The second-order valence-electron chi connectivity index (χ2n) is 5.94. The highest BCUT2D eigenvalue weighted by Gasteiger charge is 2.27. The van der Waals surface area contributed by atoms with E-state index in [0.29, 0.717) is 6.04 Å². The molecule has 1 aliphatic heterocycles. The summed E-state index contributed by atoms with van der Waals surface area (Å²) in [6.07, 6.45) is 6.44. The van der Waals surface area contributed by atoms with Crippen molar-refractivity contribution < 1.29 is 5.11 Å². The first kappa shape index (κ1) is 13.3. The van der Waals surface area contributed by atoms with Gasteiger partial charge in [0.25, 0.3) is 0 Å². The summed E-state index contributed by atoms with van der Waals surface area (Å²) in [5.74, 6) is 0. The van der Waals surface area contributed by atoms with Gasteiger partial charge in [0, 0.05) is 38.3 Å². The Kier molecular flexibility index (Phi) is 4.83. The highest BCUT2D eigenvalue weighted by Crippen LogP contribution is 2.24. The van der Waals surface area contributed by atoms with Crippen LogP contribution in [-0.4, -0.2) is 59.3 Å². The molecule has 1 saturated heterocycles. The van der Waals surface area contributed by atoms with Crippen molar-refractivity contribution in [1.82, 2.24) is 9.80 Å². The van der Waals surface area contributed by atoms with Gasteiger partial charge in [0.2, 0.25) is 0 Å². The second kappa shape index (κ2) is 6.17. The molecule has 2 atom stereocenters. The SMILES string of the molecule is CC(O)CC(C)N1CCN(C2CCCC2)CC1. The lowest BCUT2D eigenvalue weighted by molar-refractivity contribution is 0.0555. The minimum absolute atomic E-state index is 0.169. The fourth-order valence-corrected chi connectivity index (χ4v) is 3.46. The molecule has 0 spiro atoms. The highest BCUT2D eigenvalue weighted by molar-refractivity contribution is 4.83. The first-order chi connectivity index (χ1) is 8.16. The van der Waals surface area contributed by atoms with Crippen molar-refractivity contribution in [1.29, 1.82) is 0 Å². The molecule has 0 aromatic carbocycles. The van der Waals surface area contributed by atoms with Crippen molar-refractivity contribution in [3.63, 3.8) is 0 Å². The molecule has 1 saturated carbocycles. The molecule has 1 heterocycles. The minimum atomic E-state index is -0.169. The average Bonchev–Trinajstić information content (AvgIpc) is 2.82. The zero-order chi connectivity index (χ0) is 12.3. The Hall–Kier alpha value is -0.120. The van der Waals surface area contributed by atoms with E-state index in [-0.39, 0.29) is 6.10 Å². The van der Waals surface area contributed by atoms with Crippen molar-refractivity contribution in [2.75, 3.05) is 26.2 Å². The Morgan fingerprint density at radius 3 is 2.18 bits per heavy atom. The van der Waals surface area contributed by atoms with E-state index in [1.807, 2.05) is 6.92 Å². The molecule has 0 amide bonds. The summed E-state index contributed by atoms with van der Waals surface area (Å²) >= 11 is 0. The topological polar surface area (TPSA) is 26.7 Å². The fourth-order valence-electron chi connectivity index (χ4n) is 3.46. The van der Waals surface area contributed by atoms with Crippen LogP contribution in [0.1, 0.15) is 46.0 Å². The molecule has 0 aromatic heterocycles. The van der Waals surface area contributed by atoms with Crippen LogP contribution in [0.5, 0.6) is 0 Å². The van der Waals surface area contributed by atoms with E-state index in [1.165, 1.54) is 51.9 Å². The third kappa shape index (κ3) is 3.67. The van der Waals surface area contributed by atoms with Gasteiger partial charge in [0.15, 0.2) is 0 Å². The minimum Gasteiger partial charge on any atom is -0.393 e. The third-order valence-electron chi connectivity index (χ3n) is 4.50. The largest absolute Gasteiger partial charge is 0.393 e. The zero-order valence-corrected chi connectivity index (χ0v) is 11.4. The number of nitrogens with zero attached hydrogens (tertiary/aromatic N) is 2. The summed E-state index contributed by atoms with van der Waals surface area (Å²) in [7, 11) is 0. The fraction of sp³-hybridized carbons (Fsp3) is 1.00. The highest BCUT2D eigenvalue weighted by atomic mass is 16.3. The first-order valence-electron chi connectivity index (χ1n) is 7.33. The maximum Gasteiger partial charge on any atom is 0.0526 e. The van der Waals surface area contributed by atoms with Crippen molar-refractivity contribution in [2.45, 2.75) is 64.1 Å². The van der Waals surface area contributed by atoms with Crippen molar-refractivity contribution in [3.8, 4) is 0 Å². The summed E-state index contributed by atoms with van der Waals surface area (Å²) in [6.45, 7) is 8.97. The first-order valence-corrected chi connectivity index (χ1v) is 7.33. The molecular formula is C14H28N2O. The lowest BCUT2D eigenvalue weighted by Gasteiger charge is -2.40. The smallest absolute Gasteiger partial charge is 0.0526 e. The van der Waals surface area contributed by atoms with Crippen LogP contribution in [0.15, 0.2) is 0 Å². The standard InChI is InChI=1S/C14H28N2O/c1-12(11-13(2)17)15-7-9-16(10-8-15)14-5-3-4-6-14/h12-14,17H,3-11H2,1-2H3. The second-order valence-corrected chi connectivity index (χ2v) is 5.94. The lowest BCUT2D eigenvalue weighted by Crippen LogP contribution is -2.52. The Labute approximate surface area is 106 Å². The Balaban J connectivity index is 1.73. The van der Waals surface area contributed by atoms with E-state index in [4.69, 9.17) is 0 Å². The maximum atomic E-state index is 9.44. The van der Waals surface area contributed by atoms with Gasteiger partial charge in [-0.3, -0.25) is 9.80 Å². The van der Waals surface area contributed by atoms with Crippen LogP contribution in [0.3, 0.4) is 0 Å². The van der Waals surface area contributed by atoms with Gasteiger partial charge in [0.05, 0.1) is 6.10 Å². The molecule has 3 heteroatoms. The number of hydrogen-bond donors (Lipinski definition) is 1. The van der Waals surface area contributed by atoms with Gasteiger partial charge >= 0.3 is 0 Å². The molecule has 2 unspecified atom stereocenters. The van der Waals surface area contributed by atoms with E-state index in [9.17, 15) is 5.11 Å². The van der Waals surface area contributed by atoms with E-state index in [2.05, 4.69) is 16.7 Å². The van der Waals surface area contributed by atoms with Gasteiger partial charge in [-0.15, -0.1) is 0 Å². The Morgan fingerprint density at radius 2 is 1.65 bits per heavy atom. The van der Waals surface area contributed by atoms with Crippen LogP contribution < -0.4 is 0 Å². The van der Waals surface area contributed by atoms with Crippen LogP contribution in [0.4, 0.5) is 0 Å². The molecule has 2 aliphatic rings. The van der Waals surface area contributed by atoms with Crippen LogP contribution in [0, 0.1) is 0 Å². The van der Waals surface area contributed by atoms with Crippen LogP contribution in [-0.2, 0) is 0 Å². The van der Waals surface area contributed by atoms with Crippen molar-refractivity contribution >= 4 is 0 Å². The molecule has 0 radical (unpaired) electrons. The number of aliphatic hydroxyl groups is 1. The van der Waals surface area contributed by atoms with Crippen LogP contribution in [0.2, 0.25) is 0 Å². The van der Waals surface area contributed by atoms with Gasteiger partial charge in [-0.2, -0.15) is 0 Å². The zero-order valence-electron chi connectivity index (χ0n) is 11.4. The molecule has 3 nitrogen and oxygen atoms in total. The Morgan fingerprint density at radius 1 is 1.06 bits per heavy atom. The molecule has 2 rings (SSSR count). The Bertz CT molecular complexity index is 218. The third-order valence-corrected chi connectivity index (χ3v) is 4.50. The lowest BCUT2D eigenvalue weighted by atomic mass is 10.1. The predicted molar refractivity (Wildman–Crippen MR) is 71.2 cm³/mol. The maximum absolute atomic E-state index is 9.44. The summed E-state index contributed by atoms with van der Waals surface area (Å²) in [5.41, 5.74) is 0. The van der Waals surface area contributed by atoms with E-state index in [0.717, 1.165) is 12.5 Å². The van der Waals surface area contributed by atoms with Crippen LogP contribution in [0.25, 0.3) is 0 Å². The van der Waals surface area contributed by atoms with Gasteiger partial charge in [-0.05, 0) is 33.1 Å². The van der Waals surface area contributed by atoms with Crippen molar-refractivity contribution in [2.24, 2.45) is 0 Å². The summed E-state index contributed by atoms with van der Waals surface area (Å²) < 4.78 is 0. The molecule has 2 fully saturated rings. The van der Waals surface area contributed by atoms with E-state index < -0.39 is 0 Å². The number of rotatable bonds is 4. The van der Waals surface area contributed by atoms with Gasteiger partial charge < -0.3 is 5.11 Å². The average molecular weight is 240 g/mol. The molecule has 0 aromatic rings. The number of piperazine rings is 1. The summed E-state index contributed by atoms with van der Waals surface area (Å²) in [6, 6.07) is 1.41. The molecule has 17 heavy (non-hydrogen) atoms. The normalized spacial score (nSPS) is 28.4. The molecule has 1 aliphatic carbocycles. The monoisotopic (exact) mass is 240 g/mol. The van der Waals surface area contributed by atoms with Gasteiger partial charge in [-0.1, -0.05) is 12.8 Å². The predicted octanol–water partition coefficient (Wildman–Crippen LogP) is 1.71. The molecule has 1 N–H and O–H groups in total. The molecule has 100 valence electrons. The molecule has 0 bridgehead atoms. The number of aliphatic hydroxyl groups excluding tert-OH is 1. The summed E-state index contributed by atoms with van der Waals surface area (Å²) in [5, 5.41) is 9.44. The number of hydrogen-bond acceptors (Lipinski definition) is 3. The van der Waals surface area contributed by atoms with Crippen molar-refractivity contribution in [3.05, 3.63) is 0 Å². The van der Waals surface area contributed by atoms with Crippen LogP contribution >= 0.6 is 0 Å². The van der Waals surface area contributed by atoms with E-state index in [1.54, 1.807) is 0 Å². The summed E-state index contributed by atoms with van der Waals surface area (Å²) in [4.78, 5) is 5.23. The van der Waals surface area contributed by atoms with Gasteiger partial charge in [-0.25, -0.2) is 0 Å². The van der Waals surface area contributed by atoms with Gasteiger partial charge in [0.1, 0.15) is 0 Å². The van der Waals surface area contributed by atoms with E-state index >= 15 is 0 Å².